The molecule has 2 bridgehead atoms. The van der Waals surface area contributed by atoms with Crippen molar-refractivity contribution in [2.24, 2.45) is 0 Å². The Morgan fingerprint density at radius 3 is 2.36 bits per heavy atom. The number of ether oxygens (including phenoxy) is 1. The molecule has 2 atom stereocenters. The fourth-order valence-electron chi connectivity index (χ4n) is 4.87. The second-order valence-electron chi connectivity index (χ2n) is 7.66. The van der Waals surface area contributed by atoms with Gasteiger partial charge >= 0.3 is 0 Å². The average molecular weight is 337 g/mol. The fraction of sp³-hybridized carbons (Fsp3) is 0.455. The Morgan fingerprint density at radius 2 is 1.76 bits per heavy atom. The van der Waals surface area contributed by atoms with E-state index in [1.165, 1.54) is 18.4 Å². The zero-order chi connectivity index (χ0) is 17.4. The first-order valence-electron chi connectivity index (χ1n) is 9.26. The third kappa shape index (κ3) is 3.07. The van der Waals surface area contributed by atoms with Crippen LogP contribution in [0.3, 0.4) is 0 Å². The number of hydrogen-bond acceptors (Lipinski definition) is 3. The Labute approximate surface area is 150 Å². The van der Waals surface area contributed by atoms with Gasteiger partial charge in [0, 0.05) is 18.6 Å². The molecule has 132 valence electrons. The smallest absolute Gasteiger partial charge is 0.119 e. The molecular formula is C22H27NO2. The lowest BCUT2D eigenvalue weighted by Gasteiger charge is -2.44. The zero-order valence-electron chi connectivity index (χ0n) is 15.1. The molecule has 0 aliphatic carbocycles. The number of aliphatic hydroxyl groups is 1. The summed E-state index contributed by atoms with van der Waals surface area (Å²) in [5.41, 5.74) is 2.85. The normalized spacial score (nSPS) is 28.9. The van der Waals surface area contributed by atoms with Gasteiger partial charge in [0.05, 0.1) is 12.7 Å². The van der Waals surface area contributed by atoms with E-state index >= 15 is 0 Å². The van der Waals surface area contributed by atoms with Crippen molar-refractivity contribution in [2.45, 2.75) is 56.8 Å². The van der Waals surface area contributed by atoms with E-state index in [0.717, 1.165) is 36.3 Å². The monoisotopic (exact) mass is 337 g/mol. The van der Waals surface area contributed by atoms with Crippen LogP contribution < -0.4 is 4.74 Å². The molecule has 0 radical (unpaired) electrons. The van der Waals surface area contributed by atoms with Crippen molar-refractivity contribution < 1.29 is 9.84 Å². The maximum absolute atomic E-state index is 11.5. The number of aryl methyl sites for hydroxylation is 1. The largest absolute Gasteiger partial charge is 0.497 e. The van der Waals surface area contributed by atoms with Crippen molar-refractivity contribution in [3.8, 4) is 5.75 Å². The minimum atomic E-state index is -0.713. The van der Waals surface area contributed by atoms with Crippen LogP contribution in [-0.4, -0.2) is 29.2 Å². The molecule has 25 heavy (non-hydrogen) atoms. The highest BCUT2D eigenvalue weighted by Gasteiger charge is 2.48. The highest BCUT2D eigenvalue weighted by atomic mass is 16.5. The van der Waals surface area contributed by atoms with Crippen LogP contribution in [0.25, 0.3) is 0 Å². The minimum absolute atomic E-state index is 0.463. The highest BCUT2D eigenvalue weighted by Crippen LogP contribution is 2.47. The van der Waals surface area contributed by atoms with E-state index in [9.17, 15) is 5.11 Å². The molecule has 2 aliphatic heterocycles. The topological polar surface area (TPSA) is 32.7 Å². The molecule has 2 unspecified atom stereocenters. The standard InChI is InChI=1S/C22H27NO2/c1-16-12-20(25-2)10-11-21(16)22(24)13-18-8-9-19(14-22)23(18)15-17-6-4-3-5-7-17/h3-7,10-12,18-19,24H,8-9,13-15H2,1-2H3. The number of nitrogens with zero attached hydrogens (tertiary/aromatic N) is 1. The molecule has 2 aliphatic rings. The predicted octanol–water partition coefficient (Wildman–Crippen LogP) is 4.02. The van der Waals surface area contributed by atoms with Gasteiger partial charge in [0.15, 0.2) is 0 Å². The second-order valence-corrected chi connectivity index (χ2v) is 7.66. The Kier molecular flexibility index (Phi) is 4.30. The van der Waals surface area contributed by atoms with Crippen LogP contribution in [0.4, 0.5) is 0 Å². The number of hydrogen-bond donors (Lipinski definition) is 1. The molecule has 2 fully saturated rings. The number of benzene rings is 2. The minimum Gasteiger partial charge on any atom is -0.497 e. The summed E-state index contributed by atoms with van der Waals surface area (Å²) in [7, 11) is 1.69. The maximum atomic E-state index is 11.5. The Morgan fingerprint density at radius 1 is 1.08 bits per heavy atom. The van der Waals surface area contributed by atoms with Gasteiger partial charge in [-0.15, -0.1) is 0 Å². The fourth-order valence-corrected chi connectivity index (χ4v) is 4.87. The summed E-state index contributed by atoms with van der Waals surface area (Å²) < 4.78 is 5.32. The van der Waals surface area contributed by atoms with Gasteiger partial charge in [0.25, 0.3) is 0 Å². The summed E-state index contributed by atoms with van der Waals surface area (Å²) in [4.78, 5) is 2.61. The molecule has 3 heteroatoms. The van der Waals surface area contributed by atoms with Crippen LogP contribution >= 0.6 is 0 Å². The Bertz CT molecular complexity index is 729. The van der Waals surface area contributed by atoms with Gasteiger partial charge < -0.3 is 9.84 Å². The number of rotatable bonds is 4. The third-order valence-corrected chi connectivity index (χ3v) is 6.06. The van der Waals surface area contributed by atoms with Gasteiger partial charge in [-0.05, 0) is 61.4 Å². The summed E-state index contributed by atoms with van der Waals surface area (Å²) in [6.45, 7) is 3.07. The summed E-state index contributed by atoms with van der Waals surface area (Å²) in [6, 6.07) is 17.7. The average Bonchev–Trinajstić information content (AvgIpc) is 2.86. The molecule has 0 amide bonds. The molecule has 3 nitrogen and oxygen atoms in total. The highest BCUT2D eigenvalue weighted by molar-refractivity contribution is 5.39. The van der Waals surface area contributed by atoms with Crippen LogP contribution in [0.15, 0.2) is 48.5 Å². The van der Waals surface area contributed by atoms with E-state index in [0.29, 0.717) is 12.1 Å². The summed E-state index contributed by atoms with van der Waals surface area (Å²) in [5, 5.41) is 11.5. The number of fused-ring (bicyclic) bond motifs is 2. The molecule has 4 rings (SSSR count). The van der Waals surface area contributed by atoms with Gasteiger partial charge in [0.2, 0.25) is 0 Å². The van der Waals surface area contributed by atoms with Crippen LogP contribution in [0.5, 0.6) is 5.75 Å². The Balaban J connectivity index is 1.56. The molecule has 2 saturated heterocycles. The van der Waals surface area contributed by atoms with Gasteiger partial charge in [0.1, 0.15) is 5.75 Å². The summed E-state index contributed by atoms with van der Waals surface area (Å²) >= 11 is 0. The van der Waals surface area contributed by atoms with Crippen molar-refractivity contribution in [1.29, 1.82) is 0 Å². The molecule has 2 aromatic carbocycles. The molecule has 2 heterocycles. The van der Waals surface area contributed by atoms with E-state index in [4.69, 9.17) is 4.74 Å². The van der Waals surface area contributed by atoms with Crippen LogP contribution in [0, 0.1) is 6.92 Å². The maximum Gasteiger partial charge on any atom is 0.119 e. The van der Waals surface area contributed by atoms with Crippen molar-refractivity contribution >= 4 is 0 Å². The summed E-state index contributed by atoms with van der Waals surface area (Å²) in [6.07, 6.45) is 4.02. The third-order valence-electron chi connectivity index (χ3n) is 6.06. The molecule has 0 spiro atoms. The molecular weight excluding hydrogens is 310 g/mol. The van der Waals surface area contributed by atoms with Crippen molar-refractivity contribution in [1.82, 2.24) is 4.90 Å². The number of methoxy groups -OCH3 is 1. The van der Waals surface area contributed by atoms with E-state index in [-0.39, 0.29) is 0 Å². The van der Waals surface area contributed by atoms with E-state index in [1.807, 2.05) is 12.1 Å². The second kappa shape index (κ2) is 6.47. The quantitative estimate of drug-likeness (QED) is 0.915. The van der Waals surface area contributed by atoms with E-state index < -0.39 is 5.60 Å². The SMILES string of the molecule is COc1ccc(C2(O)CC3CCC(C2)N3Cc2ccccc2)c(C)c1. The van der Waals surface area contributed by atoms with Crippen molar-refractivity contribution in [2.75, 3.05) is 7.11 Å². The first-order valence-corrected chi connectivity index (χ1v) is 9.26. The zero-order valence-corrected chi connectivity index (χ0v) is 15.1. The van der Waals surface area contributed by atoms with Crippen LogP contribution in [0.1, 0.15) is 42.4 Å². The lowest BCUT2D eigenvalue weighted by Crippen LogP contribution is -2.49. The summed E-state index contributed by atoms with van der Waals surface area (Å²) in [5.74, 6) is 0.856. The van der Waals surface area contributed by atoms with Gasteiger partial charge in [-0.3, -0.25) is 4.90 Å². The van der Waals surface area contributed by atoms with Gasteiger partial charge in [-0.2, -0.15) is 0 Å². The van der Waals surface area contributed by atoms with Crippen LogP contribution in [-0.2, 0) is 12.1 Å². The van der Waals surface area contributed by atoms with Gasteiger partial charge in [-0.1, -0.05) is 36.4 Å². The first kappa shape index (κ1) is 16.6. The van der Waals surface area contributed by atoms with Crippen LogP contribution in [0.2, 0.25) is 0 Å². The lowest BCUT2D eigenvalue weighted by molar-refractivity contribution is -0.0599. The predicted molar refractivity (Wildman–Crippen MR) is 99.7 cm³/mol. The van der Waals surface area contributed by atoms with Gasteiger partial charge in [-0.25, -0.2) is 0 Å². The molecule has 0 aromatic heterocycles. The number of piperidine rings is 1. The van der Waals surface area contributed by atoms with Crippen molar-refractivity contribution in [3.05, 3.63) is 65.2 Å². The lowest BCUT2D eigenvalue weighted by atomic mass is 9.78. The Hall–Kier alpha value is -1.84. The molecule has 0 saturated carbocycles. The first-order chi connectivity index (χ1) is 12.1. The molecule has 1 N–H and O–H groups in total. The van der Waals surface area contributed by atoms with E-state index in [1.54, 1.807) is 7.11 Å². The van der Waals surface area contributed by atoms with Crippen molar-refractivity contribution in [3.63, 3.8) is 0 Å². The van der Waals surface area contributed by atoms with E-state index in [2.05, 4.69) is 48.2 Å². The molecule has 2 aromatic rings.